The van der Waals surface area contributed by atoms with Crippen molar-refractivity contribution in [1.82, 2.24) is 4.57 Å². The topological polar surface area (TPSA) is 77.1 Å². The van der Waals surface area contributed by atoms with Crippen molar-refractivity contribution < 1.29 is 4.79 Å². The first-order chi connectivity index (χ1) is 9.05. The number of hydrogen-bond acceptors (Lipinski definition) is 3. The second-order valence-corrected chi connectivity index (χ2v) is 5.21. The highest BCUT2D eigenvalue weighted by Gasteiger charge is 2.35. The van der Waals surface area contributed by atoms with Crippen molar-refractivity contribution in [2.45, 2.75) is 51.1 Å². The first kappa shape index (κ1) is 16.7. The summed E-state index contributed by atoms with van der Waals surface area (Å²) in [5.41, 5.74) is 5.97. The summed E-state index contributed by atoms with van der Waals surface area (Å²) in [6.45, 7) is 2.47. The van der Waals surface area contributed by atoms with Crippen LogP contribution in [0.5, 0.6) is 0 Å². The van der Waals surface area contributed by atoms with Crippen molar-refractivity contribution in [3.05, 3.63) is 28.7 Å². The molecule has 2 rings (SSSR count). The predicted octanol–water partition coefficient (Wildman–Crippen LogP) is 1.89. The number of carbonyl (C=O) groups is 1. The fourth-order valence-corrected chi connectivity index (χ4v) is 2.52. The molecule has 5 nitrogen and oxygen atoms in total. The fourth-order valence-electron chi connectivity index (χ4n) is 2.52. The van der Waals surface area contributed by atoms with Crippen molar-refractivity contribution in [2.75, 3.05) is 5.32 Å². The van der Waals surface area contributed by atoms with Gasteiger partial charge in [0.05, 0.1) is 11.2 Å². The summed E-state index contributed by atoms with van der Waals surface area (Å²) < 4.78 is 1.56. The Morgan fingerprint density at radius 3 is 2.60 bits per heavy atom. The van der Waals surface area contributed by atoms with Crippen LogP contribution in [-0.4, -0.2) is 16.0 Å². The van der Waals surface area contributed by atoms with E-state index in [9.17, 15) is 9.59 Å². The Balaban J connectivity index is 0.00000200. The van der Waals surface area contributed by atoms with Crippen molar-refractivity contribution in [3.8, 4) is 0 Å². The van der Waals surface area contributed by atoms with Crippen molar-refractivity contribution >= 4 is 24.0 Å². The molecule has 1 aromatic rings. The molecule has 1 saturated carbocycles. The number of amides is 1. The van der Waals surface area contributed by atoms with Gasteiger partial charge in [-0.3, -0.25) is 9.59 Å². The Bertz CT molecular complexity index is 521. The van der Waals surface area contributed by atoms with Gasteiger partial charge in [0.25, 0.3) is 5.56 Å². The average molecular weight is 300 g/mol. The van der Waals surface area contributed by atoms with Crippen molar-refractivity contribution in [1.29, 1.82) is 0 Å². The molecule has 1 aliphatic rings. The molecule has 0 radical (unpaired) electrons. The normalized spacial score (nSPS) is 17.1. The SMILES string of the molecule is CCn1cc(NC(=O)C2(N)CCCCC2)ccc1=O.Cl. The Morgan fingerprint density at radius 2 is 2.00 bits per heavy atom. The number of pyridine rings is 1. The number of aryl methyl sites for hydroxylation is 1. The minimum atomic E-state index is -0.759. The van der Waals surface area contributed by atoms with Gasteiger partial charge in [-0.2, -0.15) is 0 Å². The minimum absolute atomic E-state index is 0. The molecule has 0 aromatic carbocycles. The molecule has 1 aliphatic carbocycles. The van der Waals surface area contributed by atoms with E-state index in [0.29, 0.717) is 12.2 Å². The van der Waals surface area contributed by atoms with Gasteiger partial charge in [0.15, 0.2) is 0 Å². The zero-order valence-corrected chi connectivity index (χ0v) is 12.5. The molecule has 0 spiro atoms. The minimum Gasteiger partial charge on any atom is -0.323 e. The molecule has 3 N–H and O–H groups in total. The number of nitrogens with zero attached hydrogens (tertiary/aromatic N) is 1. The smallest absolute Gasteiger partial charge is 0.250 e. The second kappa shape index (κ2) is 6.90. The van der Waals surface area contributed by atoms with E-state index in [1.807, 2.05) is 6.92 Å². The van der Waals surface area contributed by atoms with Crippen LogP contribution < -0.4 is 16.6 Å². The summed E-state index contributed by atoms with van der Waals surface area (Å²) in [5, 5.41) is 2.83. The Labute approximate surface area is 125 Å². The standard InChI is InChI=1S/C14H21N3O2.ClH/c1-2-17-10-11(6-7-12(17)18)16-13(19)14(15)8-4-3-5-9-14;/h6-7,10H,2-5,8-9,15H2,1H3,(H,16,19);1H. The number of halogens is 1. The third-order valence-electron chi connectivity index (χ3n) is 3.78. The van der Waals surface area contributed by atoms with Gasteiger partial charge in [0.2, 0.25) is 5.91 Å². The van der Waals surface area contributed by atoms with E-state index in [2.05, 4.69) is 5.32 Å². The zero-order valence-electron chi connectivity index (χ0n) is 11.7. The lowest BCUT2D eigenvalue weighted by molar-refractivity contribution is -0.122. The third-order valence-corrected chi connectivity index (χ3v) is 3.78. The van der Waals surface area contributed by atoms with Crippen molar-refractivity contribution in [3.63, 3.8) is 0 Å². The van der Waals surface area contributed by atoms with Crippen LogP contribution in [0.4, 0.5) is 5.69 Å². The van der Waals surface area contributed by atoms with E-state index in [-0.39, 0.29) is 23.9 Å². The van der Waals surface area contributed by atoms with Gasteiger partial charge >= 0.3 is 0 Å². The molecule has 1 amide bonds. The molecule has 1 heterocycles. The van der Waals surface area contributed by atoms with Crippen LogP contribution in [-0.2, 0) is 11.3 Å². The summed E-state index contributed by atoms with van der Waals surface area (Å²) in [6, 6.07) is 3.09. The molecule has 0 atom stereocenters. The summed E-state index contributed by atoms with van der Waals surface area (Å²) in [4.78, 5) is 23.7. The van der Waals surface area contributed by atoms with E-state index in [1.54, 1.807) is 16.8 Å². The predicted molar refractivity (Wildman–Crippen MR) is 82.3 cm³/mol. The van der Waals surface area contributed by atoms with Crippen LogP contribution in [0.25, 0.3) is 0 Å². The highest BCUT2D eigenvalue weighted by atomic mass is 35.5. The van der Waals surface area contributed by atoms with Gasteiger partial charge in [-0.25, -0.2) is 0 Å². The zero-order chi connectivity index (χ0) is 13.9. The van der Waals surface area contributed by atoms with Crippen LogP contribution >= 0.6 is 12.4 Å². The monoisotopic (exact) mass is 299 g/mol. The van der Waals surface area contributed by atoms with E-state index in [4.69, 9.17) is 5.73 Å². The Morgan fingerprint density at radius 1 is 1.35 bits per heavy atom. The lowest BCUT2D eigenvalue weighted by Crippen LogP contribution is -2.52. The quantitative estimate of drug-likeness (QED) is 0.895. The van der Waals surface area contributed by atoms with Crippen LogP contribution in [0.3, 0.4) is 0 Å². The molecular formula is C14H22ClN3O2. The lowest BCUT2D eigenvalue weighted by Gasteiger charge is -2.31. The summed E-state index contributed by atoms with van der Waals surface area (Å²) >= 11 is 0. The first-order valence-corrected chi connectivity index (χ1v) is 6.86. The molecule has 0 unspecified atom stereocenters. The fraction of sp³-hybridized carbons (Fsp3) is 0.571. The number of aromatic nitrogens is 1. The number of carbonyl (C=O) groups excluding carboxylic acids is 1. The molecule has 6 heteroatoms. The summed E-state index contributed by atoms with van der Waals surface area (Å²) in [6.07, 6.45) is 6.26. The molecule has 20 heavy (non-hydrogen) atoms. The summed E-state index contributed by atoms with van der Waals surface area (Å²) in [5.74, 6) is -0.145. The van der Waals surface area contributed by atoms with Crippen LogP contribution in [0.1, 0.15) is 39.0 Å². The largest absolute Gasteiger partial charge is 0.323 e. The number of rotatable bonds is 3. The summed E-state index contributed by atoms with van der Waals surface area (Å²) in [7, 11) is 0. The van der Waals surface area contributed by atoms with Crippen molar-refractivity contribution in [2.24, 2.45) is 5.73 Å². The number of anilines is 1. The molecule has 1 fully saturated rings. The van der Waals surface area contributed by atoms with Gasteiger partial charge in [0.1, 0.15) is 0 Å². The molecule has 0 bridgehead atoms. The third kappa shape index (κ3) is 3.61. The van der Waals surface area contributed by atoms with Gasteiger partial charge in [-0.05, 0) is 25.8 Å². The van der Waals surface area contributed by atoms with E-state index in [0.717, 1.165) is 32.1 Å². The molecule has 0 saturated heterocycles. The maximum atomic E-state index is 12.3. The maximum Gasteiger partial charge on any atom is 0.250 e. The lowest BCUT2D eigenvalue weighted by atomic mass is 9.82. The molecular weight excluding hydrogens is 278 g/mol. The maximum absolute atomic E-state index is 12.3. The Kier molecular flexibility index (Phi) is 5.77. The van der Waals surface area contributed by atoms with E-state index < -0.39 is 5.54 Å². The first-order valence-electron chi connectivity index (χ1n) is 6.86. The highest BCUT2D eigenvalue weighted by Crippen LogP contribution is 2.27. The van der Waals surface area contributed by atoms with Crippen LogP contribution in [0, 0.1) is 0 Å². The molecule has 1 aromatic heterocycles. The van der Waals surface area contributed by atoms with Gasteiger partial charge in [-0.1, -0.05) is 19.3 Å². The van der Waals surface area contributed by atoms with Crippen LogP contribution in [0.2, 0.25) is 0 Å². The van der Waals surface area contributed by atoms with E-state index >= 15 is 0 Å². The van der Waals surface area contributed by atoms with E-state index in [1.165, 1.54) is 6.07 Å². The number of nitrogens with two attached hydrogens (primary N) is 1. The highest BCUT2D eigenvalue weighted by molar-refractivity contribution is 5.97. The molecule has 0 aliphatic heterocycles. The van der Waals surface area contributed by atoms with Gasteiger partial charge in [0, 0.05) is 18.8 Å². The average Bonchev–Trinajstić information content (AvgIpc) is 2.41. The molecule has 112 valence electrons. The van der Waals surface area contributed by atoms with Gasteiger partial charge < -0.3 is 15.6 Å². The van der Waals surface area contributed by atoms with Gasteiger partial charge in [-0.15, -0.1) is 12.4 Å². The van der Waals surface area contributed by atoms with Crippen LogP contribution in [0.15, 0.2) is 23.1 Å². The number of nitrogens with one attached hydrogen (secondary N) is 1. The Hall–Kier alpha value is -1.33. The second-order valence-electron chi connectivity index (χ2n) is 5.21. The number of hydrogen-bond donors (Lipinski definition) is 2.